The molecule has 1 rings (SSSR count). The quantitative estimate of drug-likeness (QED) is 0.730. The molecule has 1 amide bonds. The fourth-order valence-corrected chi connectivity index (χ4v) is 1.49. The molecular formula is C12H16FNO3. The number of rotatable bonds is 5. The normalized spacial score (nSPS) is 12.2. The summed E-state index contributed by atoms with van der Waals surface area (Å²) >= 11 is 0. The van der Waals surface area contributed by atoms with E-state index < -0.39 is 11.7 Å². The molecule has 1 aromatic rings. The smallest absolute Gasteiger partial charge is 0.254 e. The van der Waals surface area contributed by atoms with Gasteiger partial charge in [0.05, 0.1) is 5.56 Å². The first-order valence-corrected chi connectivity index (χ1v) is 5.48. The molecule has 17 heavy (non-hydrogen) atoms. The Balaban J connectivity index is 2.75. The molecule has 1 unspecified atom stereocenters. The maximum atomic E-state index is 13.4. The van der Waals surface area contributed by atoms with E-state index in [0.29, 0.717) is 12.8 Å². The highest BCUT2D eigenvalue weighted by molar-refractivity contribution is 5.94. The second-order valence-electron chi connectivity index (χ2n) is 3.76. The second-order valence-corrected chi connectivity index (χ2v) is 3.76. The Kier molecular flexibility index (Phi) is 4.90. The standard InChI is InChI=1S/C12H16FNO3/c1-2-8(5-6-15)14-12(17)10-4-3-9(16)7-11(10)13/h3-4,7-8,15-16H,2,5-6H2,1H3,(H,14,17). The molecule has 1 aromatic carbocycles. The number of carbonyl (C=O) groups is 1. The summed E-state index contributed by atoms with van der Waals surface area (Å²) in [6.07, 6.45) is 1.09. The molecule has 4 nitrogen and oxygen atoms in total. The average molecular weight is 241 g/mol. The van der Waals surface area contributed by atoms with Gasteiger partial charge in [-0.3, -0.25) is 4.79 Å². The van der Waals surface area contributed by atoms with E-state index in [-0.39, 0.29) is 24.0 Å². The van der Waals surface area contributed by atoms with Crippen LogP contribution in [0.1, 0.15) is 30.1 Å². The number of aliphatic hydroxyl groups excluding tert-OH is 1. The van der Waals surface area contributed by atoms with Gasteiger partial charge in [-0.15, -0.1) is 0 Å². The second kappa shape index (κ2) is 6.20. The van der Waals surface area contributed by atoms with Crippen molar-refractivity contribution in [3.63, 3.8) is 0 Å². The number of hydrogen-bond acceptors (Lipinski definition) is 3. The summed E-state index contributed by atoms with van der Waals surface area (Å²) < 4.78 is 13.4. The zero-order valence-corrected chi connectivity index (χ0v) is 9.61. The predicted molar refractivity (Wildman–Crippen MR) is 61.3 cm³/mol. The van der Waals surface area contributed by atoms with Gasteiger partial charge in [-0.25, -0.2) is 4.39 Å². The molecule has 0 aliphatic rings. The average Bonchev–Trinajstić information content (AvgIpc) is 2.28. The van der Waals surface area contributed by atoms with E-state index in [0.717, 1.165) is 6.07 Å². The van der Waals surface area contributed by atoms with E-state index in [4.69, 9.17) is 10.2 Å². The van der Waals surface area contributed by atoms with Crippen LogP contribution in [0, 0.1) is 5.82 Å². The van der Waals surface area contributed by atoms with Crippen LogP contribution in [0.2, 0.25) is 0 Å². The molecule has 0 heterocycles. The van der Waals surface area contributed by atoms with Crippen LogP contribution in [-0.2, 0) is 0 Å². The molecule has 0 bridgehead atoms. The summed E-state index contributed by atoms with van der Waals surface area (Å²) in [7, 11) is 0. The summed E-state index contributed by atoms with van der Waals surface area (Å²) in [6, 6.07) is 3.19. The number of halogens is 1. The van der Waals surface area contributed by atoms with Gasteiger partial charge in [0.2, 0.25) is 0 Å². The highest BCUT2D eigenvalue weighted by Gasteiger charge is 2.15. The van der Waals surface area contributed by atoms with Gasteiger partial charge in [-0.2, -0.15) is 0 Å². The lowest BCUT2D eigenvalue weighted by molar-refractivity contribution is 0.0925. The molecule has 0 aromatic heterocycles. The van der Waals surface area contributed by atoms with Crippen molar-refractivity contribution in [1.29, 1.82) is 0 Å². The fourth-order valence-electron chi connectivity index (χ4n) is 1.49. The largest absolute Gasteiger partial charge is 0.508 e. The van der Waals surface area contributed by atoms with Crippen LogP contribution in [-0.4, -0.2) is 28.8 Å². The van der Waals surface area contributed by atoms with Crippen molar-refractivity contribution < 1.29 is 19.4 Å². The van der Waals surface area contributed by atoms with Crippen molar-refractivity contribution in [2.75, 3.05) is 6.61 Å². The summed E-state index contributed by atoms with van der Waals surface area (Å²) in [5, 5.41) is 20.4. The lowest BCUT2D eigenvalue weighted by atomic mass is 10.1. The zero-order chi connectivity index (χ0) is 12.8. The number of nitrogens with one attached hydrogen (secondary N) is 1. The van der Waals surface area contributed by atoms with Crippen molar-refractivity contribution in [3.05, 3.63) is 29.6 Å². The van der Waals surface area contributed by atoms with Gasteiger partial charge in [0, 0.05) is 18.7 Å². The van der Waals surface area contributed by atoms with Gasteiger partial charge < -0.3 is 15.5 Å². The van der Waals surface area contributed by atoms with Crippen LogP contribution in [0.25, 0.3) is 0 Å². The van der Waals surface area contributed by atoms with Crippen LogP contribution in [0.15, 0.2) is 18.2 Å². The Hall–Kier alpha value is -1.62. The summed E-state index contributed by atoms with van der Waals surface area (Å²) in [5.41, 5.74) is -0.112. The first-order valence-electron chi connectivity index (χ1n) is 5.48. The lowest BCUT2D eigenvalue weighted by Crippen LogP contribution is -2.35. The molecule has 0 saturated carbocycles. The number of aliphatic hydroxyl groups is 1. The van der Waals surface area contributed by atoms with E-state index in [9.17, 15) is 9.18 Å². The van der Waals surface area contributed by atoms with E-state index in [1.54, 1.807) is 0 Å². The molecule has 5 heteroatoms. The van der Waals surface area contributed by atoms with E-state index in [1.807, 2.05) is 6.92 Å². The van der Waals surface area contributed by atoms with Crippen molar-refractivity contribution in [1.82, 2.24) is 5.32 Å². The highest BCUT2D eigenvalue weighted by atomic mass is 19.1. The van der Waals surface area contributed by atoms with Gasteiger partial charge in [0.1, 0.15) is 11.6 Å². The van der Waals surface area contributed by atoms with E-state index in [2.05, 4.69) is 5.32 Å². The van der Waals surface area contributed by atoms with Crippen LogP contribution < -0.4 is 5.32 Å². The Morgan fingerprint density at radius 2 is 2.24 bits per heavy atom. The summed E-state index contributed by atoms with van der Waals surface area (Å²) in [4.78, 5) is 11.7. The number of phenols is 1. The Morgan fingerprint density at radius 1 is 1.53 bits per heavy atom. The Morgan fingerprint density at radius 3 is 2.76 bits per heavy atom. The van der Waals surface area contributed by atoms with Gasteiger partial charge in [0.15, 0.2) is 0 Å². The van der Waals surface area contributed by atoms with Crippen molar-refractivity contribution in [3.8, 4) is 5.75 Å². The van der Waals surface area contributed by atoms with Gasteiger partial charge in [-0.1, -0.05) is 6.92 Å². The van der Waals surface area contributed by atoms with E-state index >= 15 is 0 Å². The van der Waals surface area contributed by atoms with Crippen molar-refractivity contribution in [2.24, 2.45) is 0 Å². The van der Waals surface area contributed by atoms with Crippen molar-refractivity contribution >= 4 is 5.91 Å². The maximum absolute atomic E-state index is 13.4. The first kappa shape index (κ1) is 13.4. The molecule has 0 spiro atoms. The lowest BCUT2D eigenvalue weighted by Gasteiger charge is -2.15. The number of carbonyl (C=O) groups excluding carboxylic acids is 1. The summed E-state index contributed by atoms with van der Waals surface area (Å²) in [6.45, 7) is 1.84. The highest BCUT2D eigenvalue weighted by Crippen LogP contribution is 2.15. The van der Waals surface area contributed by atoms with Crippen molar-refractivity contribution in [2.45, 2.75) is 25.8 Å². The molecular weight excluding hydrogens is 225 g/mol. The minimum absolute atomic E-state index is 0.0309. The van der Waals surface area contributed by atoms with Crippen LogP contribution in [0.3, 0.4) is 0 Å². The predicted octanol–water partition coefficient (Wildman–Crippen LogP) is 1.42. The Bertz CT molecular complexity index is 395. The topological polar surface area (TPSA) is 69.6 Å². The Labute approximate surface area is 99.1 Å². The SMILES string of the molecule is CCC(CCO)NC(=O)c1ccc(O)cc1F. The number of aromatic hydroxyl groups is 1. The van der Waals surface area contributed by atoms with Crippen LogP contribution in [0.5, 0.6) is 5.75 Å². The maximum Gasteiger partial charge on any atom is 0.254 e. The van der Waals surface area contributed by atoms with Gasteiger partial charge in [0.25, 0.3) is 5.91 Å². The molecule has 0 saturated heterocycles. The third-order valence-corrected chi connectivity index (χ3v) is 2.50. The molecule has 0 aliphatic heterocycles. The minimum Gasteiger partial charge on any atom is -0.508 e. The number of benzene rings is 1. The molecule has 94 valence electrons. The molecule has 3 N–H and O–H groups in total. The van der Waals surface area contributed by atoms with Crippen LogP contribution >= 0.6 is 0 Å². The molecule has 0 fully saturated rings. The van der Waals surface area contributed by atoms with Gasteiger partial charge in [-0.05, 0) is 25.0 Å². The monoisotopic (exact) mass is 241 g/mol. The third-order valence-electron chi connectivity index (χ3n) is 2.50. The zero-order valence-electron chi connectivity index (χ0n) is 9.61. The number of phenolic OH excluding ortho intramolecular Hbond substituents is 1. The molecule has 0 aliphatic carbocycles. The van der Waals surface area contributed by atoms with E-state index in [1.165, 1.54) is 12.1 Å². The molecule has 0 radical (unpaired) electrons. The van der Waals surface area contributed by atoms with Crippen LogP contribution in [0.4, 0.5) is 4.39 Å². The first-order chi connectivity index (χ1) is 8.08. The van der Waals surface area contributed by atoms with Gasteiger partial charge >= 0.3 is 0 Å². The fraction of sp³-hybridized carbons (Fsp3) is 0.417. The number of amides is 1. The molecule has 1 atom stereocenters. The minimum atomic E-state index is -0.763. The number of hydrogen-bond donors (Lipinski definition) is 3. The summed E-state index contributed by atoms with van der Waals surface area (Å²) in [5.74, 6) is -1.52. The third kappa shape index (κ3) is 3.71.